The van der Waals surface area contributed by atoms with Crippen LogP contribution in [0.5, 0.6) is 0 Å². The summed E-state index contributed by atoms with van der Waals surface area (Å²) in [6.07, 6.45) is 1.92. The van der Waals surface area contributed by atoms with Crippen molar-refractivity contribution in [2.75, 3.05) is 19.8 Å². The smallest absolute Gasteiger partial charge is 0.436 e. The molecule has 1 fully saturated rings. The van der Waals surface area contributed by atoms with Crippen molar-refractivity contribution in [1.82, 2.24) is 5.32 Å². The van der Waals surface area contributed by atoms with E-state index >= 15 is 0 Å². The number of nitrogens with one attached hydrogen (secondary N) is 1. The summed E-state index contributed by atoms with van der Waals surface area (Å²) in [5.74, 6) is -3.61. The Morgan fingerprint density at radius 1 is 1.29 bits per heavy atom. The highest BCUT2D eigenvalue weighted by Gasteiger charge is 2.52. The van der Waals surface area contributed by atoms with Gasteiger partial charge in [0.15, 0.2) is 11.5 Å². The molecule has 0 aromatic heterocycles. The lowest BCUT2D eigenvalue weighted by atomic mass is 9.89. The number of aliphatic hydroxyl groups excluding tert-OH is 1. The first kappa shape index (κ1) is 22.7. The van der Waals surface area contributed by atoms with E-state index in [1.165, 1.54) is 24.5 Å². The molecule has 0 radical (unpaired) electrons. The fraction of sp³-hybridized carbons (Fsp3) is 0.292. The second-order valence-electron chi connectivity index (χ2n) is 8.19. The van der Waals surface area contributed by atoms with Crippen molar-refractivity contribution in [2.24, 2.45) is 4.99 Å². The number of amides is 2. The van der Waals surface area contributed by atoms with Gasteiger partial charge in [-0.05, 0) is 31.0 Å². The SMILES string of the molecule is CCOC(=O)C1=C(O)C2=NC=C(Cc3ccc(F)cc3)C3OC(C(=O)NC4COC4)=C[N+](=C23)C1=O. The van der Waals surface area contributed by atoms with E-state index in [1.807, 2.05) is 0 Å². The van der Waals surface area contributed by atoms with Crippen molar-refractivity contribution in [2.45, 2.75) is 25.5 Å². The maximum atomic E-state index is 13.4. The molecule has 0 spiro atoms. The zero-order valence-electron chi connectivity index (χ0n) is 18.6. The molecule has 180 valence electrons. The van der Waals surface area contributed by atoms with Crippen molar-refractivity contribution in [3.8, 4) is 0 Å². The molecule has 1 atom stereocenters. The maximum absolute atomic E-state index is 13.4. The van der Waals surface area contributed by atoms with Gasteiger partial charge in [0.05, 0.1) is 25.9 Å². The van der Waals surface area contributed by atoms with Crippen LogP contribution in [0, 0.1) is 5.82 Å². The molecule has 0 aliphatic carbocycles. The van der Waals surface area contributed by atoms with E-state index in [1.54, 1.807) is 19.1 Å². The van der Waals surface area contributed by atoms with Gasteiger partial charge in [-0.1, -0.05) is 12.1 Å². The van der Waals surface area contributed by atoms with Crippen LogP contribution in [-0.2, 0) is 35.0 Å². The Labute approximate surface area is 198 Å². The predicted octanol–water partition coefficient (Wildman–Crippen LogP) is 0.831. The highest BCUT2D eigenvalue weighted by atomic mass is 19.1. The number of carbonyl (C=O) groups excluding carboxylic acids is 3. The third kappa shape index (κ3) is 4.03. The average molecular weight is 482 g/mol. The van der Waals surface area contributed by atoms with Crippen LogP contribution in [0.1, 0.15) is 12.5 Å². The zero-order valence-corrected chi connectivity index (χ0v) is 18.6. The molecule has 35 heavy (non-hydrogen) atoms. The molecule has 2 amide bonds. The Balaban J connectivity index is 1.57. The summed E-state index contributed by atoms with van der Waals surface area (Å²) in [4.78, 5) is 42.9. The van der Waals surface area contributed by atoms with Crippen molar-refractivity contribution >= 4 is 29.2 Å². The van der Waals surface area contributed by atoms with Crippen molar-refractivity contribution in [3.63, 3.8) is 0 Å². The molecule has 1 unspecified atom stereocenters. The van der Waals surface area contributed by atoms with Crippen LogP contribution < -0.4 is 5.32 Å². The summed E-state index contributed by atoms with van der Waals surface area (Å²) < 4.78 is 30.5. The Morgan fingerprint density at radius 3 is 2.69 bits per heavy atom. The van der Waals surface area contributed by atoms with E-state index in [0.717, 1.165) is 10.1 Å². The quantitative estimate of drug-likeness (QED) is 0.349. The van der Waals surface area contributed by atoms with E-state index in [4.69, 9.17) is 14.2 Å². The van der Waals surface area contributed by atoms with Gasteiger partial charge in [0.1, 0.15) is 5.82 Å². The van der Waals surface area contributed by atoms with Gasteiger partial charge in [0.2, 0.25) is 17.9 Å². The summed E-state index contributed by atoms with van der Waals surface area (Å²) in [6.45, 7) is 2.28. The number of aliphatic hydroxyl groups is 1. The molecular formula is C24H21FN3O7+. The number of hydrogen-bond acceptors (Lipinski definition) is 8. The summed E-state index contributed by atoms with van der Waals surface area (Å²) in [6, 6.07) is 5.65. The second kappa shape index (κ2) is 8.91. The lowest BCUT2D eigenvalue weighted by molar-refractivity contribution is -0.385. The highest BCUT2D eigenvalue weighted by molar-refractivity contribution is 6.52. The van der Waals surface area contributed by atoms with Gasteiger partial charge in [-0.2, -0.15) is 0 Å². The highest BCUT2D eigenvalue weighted by Crippen LogP contribution is 2.31. The van der Waals surface area contributed by atoms with Gasteiger partial charge >= 0.3 is 11.9 Å². The van der Waals surface area contributed by atoms with Gasteiger partial charge in [-0.15, -0.1) is 4.58 Å². The molecule has 4 heterocycles. The largest absolute Gasteiger partial charge is 0.504 e. The van der Waals surface area contributed by atoms with Crippen LogP contribution in [0.25, 0.3) is 0 Å². The molecule has 1 aromatic rings. The summed E-state index contributed by atoms with van der Waals surface area (Å²) in [5, 5.41) is 13.5. The number of aliphatic imine (C=N–C) groups is 1. The van der Waals surface area contributed by atoms with Crippen LogP contribution in [-0.4, -0.2) is 70.9 Å². The number of allylic oxidation sites excluding steroid dienone is 1. The number of benzene rings is 1. The summed E-state index contributed by atoms with van der Waals surface area (Å²) in [7, 11) is 0. The second-order valence-corrected chi connectivity index (χ2v) is 8.19. The molecule has 1 saturated heterocycles. The predicted molar refractivity (Wildman–Crippen MR) is 118 cm³/mol. The van der Waals surface area contributed by atoms with E-state index in [-0.39, 0.29) is 42.1 Å². The first-order valence-corrected chi connectivity index (χ1v) is 11.0. The zero-order chi connectivity index (χ0) is 24.7. The van der Waals surface area contributed by atoms with Crippen LogP contribution >= 0.6 is 0 Å². The molecular weight excluding hydrogens is 461 g/mol. The van der Waals surface area contributed by atoms with Crippen LogP contribution in [0.2, 0.25) is 0 Å². The first-order valence-electron chi connectivity index (χ1n) is 11.0. The minimum atomic E-state index is -1.01. The van der Waals surface area contributed by atoms with E-state index in [9.17, 15) is 23.9 Å². The van der Waals surface area contributed by atoms with Gasteiger partial charge in [-0.25, -0.2) is 19.0 Å². The number of rotatable bonds is 6. The normalized spacial score (nSPS) is 21.3. The molecule has 0 bridgehead atoms. The lowest BCUT2D eigenvalue weighted by Gasteiger charge is -2.31. The average Bonchev–Trinajstić information content (AvgIpc) is 2.81. The molecule has 11 heteroatoms. The Bertz CT molecular complexity index is 1290. The fourth-order valence-corrected chi connectivity index (χ4v) is 4.04. The monoisotopic (exact) mass is 482 g/mol. The van der Waals surface area contributed by atoms with Crippen molar-refractivity contribution in [1.29, 1.82) is 0 Å². The van der Waals surface area contributed by atoms with Crippen LogP contribution in [0.4, 0.5) is 4.39 Å². The van der Waals surface area contributed by atoms with Gasteiger partial charge < -0.3 is 24.6 Å². The minimum Gasteiger partial charge on any atom is -0.504 e. The Morgan fingerprint density at radius 2 is 2.03 bits per heavy atom. The van der Waals surface area contributed by atoms with E-state index in [2.05, 4.69) is 10.3 Å². The van der Waals surface area contributed by atoms with Crippen molar-refractivity contribution in [3.05, 3.63) is 70.7 Å². The third-order valence-corrected chi connectivity index (χ3v) is 5.83. The Hall–Kier alpha value is -4.12. The van der Waals surface area contributed by atoms with Gasteiger partial charge in [0.25, 0.3) is 17.4 Å². The molecule has 0 saturated carbocycles. The Kier molecular flexibility index (Phi) is 5.77. The lowest BCUT2D eigenvalue weighted by Crippen LogP contribution is -2.53. The van der Waals surface area contributed by atoms with E-state index < -0.39 is 35.2 Å². The van der Waals surface area contributed by atoms with E-state index in [0.29, 0.717) is 18.8 Å². The van der Waals surface area contributed by atoms with Crippen molar-refractivity contribution < 1.29 is 42.7 Å². The topological polar surface area (TPSA) is 127 Å². The molecule has 4 aliphatic heterocycles. The molecule has 10 nitrogen and oxygen atoms in total. The molecule has 4 aliphatic rings. The number of carbonyl (C=O) groups is 3. The fourth-order valence-electron chi connectivity index (χ4n) is 4.04. The standard InChI is InChI=1S/C24H20FN3O7/c1-2-34-24(32)17-20(29)18-19-21(13(8-26-18)7-12-3-5-14(25)6-4-12)35-16(9-28(19)23(17)31)22(30)27-15-10-33-11-15/h3-6,8-9,15,21H,2,7,10-11H2,1H3,(H-,27,29,30,31,32)/p+1. The number of ether oxygens (including phenoxy) is 3. The number of nitrogens with zero attached hydrogens (tertiary/aromatic N) is 2. The first-order chi connectivity index (χ1) is 16.9. The number of hydrogen-bond donors (Lipinski definition) is 2. The van der Waals surface area contributed by atoms with Gasteiger partial charge in [-0.3, -0.25) is 4.79 Å². The molecule has 2 N–H and O–H groups in total. The minimum absolute atomic E-state index is 0.00759. The number of halogens is 1. The molecule has 1 aromatic carbocycles. The third-order valence-electron chi connectivity index (χ3n) is 5.83. The summed E-state index contributed by atoms with van der Waals surface area (Å²) in [5.41, 5.74) is 0.848. The van der Waals surface area contributed by atoms with Gasteiger partial charge in [0, 0.05) is 11.8 Å². The van der Waals surface area contributed by atoms with Crippen LogP contribution in [0.3, 0.4) is 0 Å². The summed E-state index contributed by atoms with van der Waals surface area (Å²) >= 11 is 0. The van der Waals surface area contributed by atoms with Crippen LogP contribution in [0.15, 0.2) is 64.3 Å². The molecule has 5 rings (SSSR count). The maximum Gasteiger partial charge on any atom is 0.436 e. The number of esters is 1.